The molecule has 0 radical (unpaired) electrons. The minimum atomic E-state index is -0.271. The number of rotatable bonds is 5. The van der Waals surface area contributed by atoms with Gasteiger partial charge in [-0.25, -0.2) is 0 Å². The molecule has 4 heteroatoms. The van der Waals surface area contributed by atoms with Crippen LogP contribution >= 0.6 is 0 Å². The first-order valence-electron chi connectivity index (χ1n) is 6.12. The number of hydrogen-bond donors (Lipinski definition) is 1. The molecule has 1 unspecified atom stereocenters. The highest BCUT2D eigenvalue weighted by molar-refractivity contribution is 6.05. The summed E-state index contributed by atoms with van der Waals surface area (Å²) < 4.78 is 0. The molecule has 1 atom stereocenters. The monoisotopic (exact) mass is 224 g/mol. The summed E-state index contributed by atoms with van der Waals surface area (Å²) in [5.74, 6) is -0.139. The van der Waals surface area contributed by atoms with Gasteiger partial charge in [0.15, 0.2) is 0 Å². The van der Waals surface area contributed by atoms with E-state index in [0.717, 1.165) is 6.54 Å². The van der Waals surface area contributed by atoms with Gasteiger partial charge in [0.25, 0.3) is 0 Å². The van der Waals surface area contributed by atoms with Gasteiger partial charge < -0.3 is 5.32 Å². The molecule has 16 heavy (non-hydrogen) atoms. The van der Waals surface area contributed by atoms with Crippen LogP contribution in [-0.4, -0.2) is 36.3 Å². The van der Waals surface area contributed by atoms with Gasteiger partial charge in [-0.05, 0) is 24.7 Å². The summed E-state index contributed by atoms with van der Waals surface area (Å²) in [6, 6.07) is -0.271. The van der Waals surface area contributed by atoms with Crippen LogP contribution < -0.4 is 5.32 Å². The van der Waals surface area contributed by atoms with Crippen LogP contribution in [0.2, 0.25) is 0 Å². The van der Waals surface area contributed by atoms with Gasteiger partial charge in [-0.15, -0.1) is 0 Å². The predicted molar refractivity (Wildman–Crippen MR) is 60.8 cm³/mol. The number of likely N-dealkylation sites (N-methyl/N-ethyl adjacent to an activating group) is 1. The Kier molecular flexibility index (Phi) is 3.02. The first kappa shape index (κ1) is 11.6. The number of likely N-dealkylation sites (tertiary alicyclic amines) is 1. The lowest BCUT2D eigenvalue weighted by Crippen LogP contribution is -2.40. The molecule has 0 aromatic heterocycles. The Morgan fingerprint density at radius 1 is 1.44 bits per heavy atom. The third kappa shape index (κ3) is 2.12. The van der Waals surface area contributed by atoms with Crippen LogP contribution in [0.5, 0.6) is 0 Å². The van der Waals surface area contributed by atoms with Gasteiger partial charge in [0, 0.05) is 13.6 Å². The SMILES string of the molecule is CCCC1(CNC2CC(=O)N(C)C2=O)CC1. The maximum absolute atomic E-state index is 11.7. The molecule has 4 nitrogen and oxygen atoms in total. The van der Waals surface area contributed by atoms with Crippen LogP contribution in [-0.2, 0) is 9.59 Å². The van der Waals surface area contributed by atoms with Crippen LogP contribution in [0.1, 0.15) is 39.0 Å². The Balaban J connectivity index is 1.83. The van der Waals surface area contributed by atoms with Crippen LogP contribution in [0, 0.1) is 5.41 Å². The molecule has 0 aromatic carbocycles. The quantitative estimate of drug-likeness (QED) is 0.706. The summed E-state index contributed by atoms with van der Waals surface area (Å²) in [6.45, 7) is 3.08. The summed E-state index contributed by atoms with van der Waals surface area (Å²) in [6.07, 6.45) is 5.28. The van der Waals surface area contributed by atoms with E-state index in [1.54, 1.807) is 7.05 Å². The highest BCUT2D eigenvalue weighted by atomic mass is 16.2. The molecule has 1 aliphatic heterocycles. The highest BCUT2D eigenvalue weighted by Crippen LogP contribution is 2.49. The van der Waals surface area contributed by atoms with Crippen LogP contribution in [0.4, 0.5) is 0 Å². The van der Waals surface area contributed by atoms with Crippen molar-refractivity contribution >= 4 is 11.8 Å². The lowest BCUT2D eigenvalue weighted by atomic mass is 10.0. The number of carbonyl (C=O) groups excluding carboxylic acids is 2. The molecule has 1 aliphatic carbocycles. The van der Waals surface area contributed by atoms with E-state index in [1.165, 1.54) is 30.6 Å². The van der Waals surface area contributed by atoms with Crippen molar-refractivity contribution < 1.29 is 9.59 Å². The fourth-order valence-corrected chi connectivity index (χ4v) is 2.48. The van der Waals surface area contributed by atoms with Gasteiger partial charge in [-0.1, -0.05) is 13.3 Å². The van der Waals surface area contributed by atoms with Crippen molar-refractivity contribution in [3.8, 4) is 0 Å². The zero-order chi connectivity index (χ0) is 11.8. The van der Waals surface area contributed by atoms with Crippen molar-refractivity contribution in [3.05, 3.63) is 0 Å². The van der Waals surface area contributed by atoms with E-state index in [1.807, 2.05) is 0 Å². The van der Waals surface area contributed by atoms with Crippen molar-refractivity contribution in [2.24, 2.45) is 5.41 Å². The van der Waals surface area contributed by atoms with E-state index in [9.17, 15) is 9.59 Å². The Morgan fingerprint density at radius 3 is 2.56 bits per heavy atom. The summed E-state index contributed by atoms with van der Waals surface area (Å²) in [4.78, 5) is 24.2. The number of hydrogen-bond acceptors (Lipinski definition) is 3. The molecule has 2 aliphatic rings. The second kappa shape index (κ2) is 4.17. The van der Waals surface area contributed by atoms with E-state index < -0.39 is 0 Å². The molecule has 0 spiro atoms. The van der Waals surface area contributed by atoms with Crippen molar-refractivity contribution in [2.75, 3.05) is 13.6 Å². The molecule has 90 valence electrons. The maximum Gasteiger partial charge on any atom is 0.246 e. The molecule has 1 saturated carbocycles. The van der Waals surface area contributed by atoms with Gasteiger partial charge in [0.1, 0.15) is 0 Å². The third-order valence-electron chi connectivity index (χ3n) is 3.84. The minimum absolute atomic E-state index is 0.0668. The predicted octanol–water partition coefficient (Wildman–Crippen LogP) is 0.914. The Hall–Kier alpha value is -0.900. The molecule has 0 bridgehead atoms. The molecule has 2 rings (SSSR count). The first-order chi connectivity index (χ1) is 7.58. The Labute approximate surface area is 96.4 Å². The van der Waals surface area contributed by atoms with Gasteiger partial charge >= 0.3 is 0 Å². The minimum Gasteiger partial charge on any atom is -0.305 e. The van der Waals surface area contributed by atoms with Crippen LogP contribution in [0.25, 0.3) is 0 Å². The number of carbonyl (C=O) groups is 2. The second-order valence-corrected chi connectivity index (χ2v) is 5.18. The second-order valence-electron chi connectivity index (χ2n) is 5.18. The first-order valence-corrected chi connectivity index (χ1v) is 6.12. The molecule has 1 heterocycles. The fraction of sp³-hybridized carbons (Fsp3) is 0.833. The van der Waals surface area contributed by atoms with Gasteiger partial charge in [0.2, 0.25) is 11.8 Å². The highest BCUT2D eigenvalue weighted by Gasteiger charge is 2.43. The summed E-state index contributed by atoms with van der Waals surface area (Å²) in [7, 11) is 1.56. The van der Waals surface area contributed by atoms with E-state index in [-0.39, 0.29) is 17.9 Å². The third-order valence-corrected chi connectivity index (χ3v) is 3.84. The maximum atomic E-state index is 11.7. The van der Waals surface area contributed by atoms with E-state index in [4.69, 9.17) is 0 Å². The lowest BCUT2D eigenvalue weighted by Gasteiger charge is -2.17. The molecule has 2 amide bonds. The van der Waals surface area contributed by atoms with E-state index in [0.29, 0.717) is 11.8 Å². The molecular weight excluding hydrogens is 204 g/mol. The zero-order valence-corrected chi connectivity index (χ0v) is 10.1. The van der Waals surface area contributed by atoms with Crippen molar-refractivity contribution in [1.82, 2.24) is 10.2 Å². The summed E-state index contributed by atoms with van der Waals surface area (Å²) >= 11 is 0. The van der Waals surface area contributed by atoms with Crippen LogP contribution in [0.15, 0.2) is 0 Å². The lowest BCUT2D eigenvalue weighted by molar-refractivity contribution is -0.137. The van der Waals surface area contributed by atoms with E-state index in [2.05, 4.69) is 12.2 Å². The van der Waals surface area contributed by atoms with Gasteiger partial charge in [-0.3, -0.25) is 14.5 Å². The molecule has 1 saturated heterocycles. The number of nitrogens with one attached hydrogen (secondary N) is 1. The number of imide groups is 1. The fourth-order valence-electron chi connectivity index (χ4n) is 2.48. The van der Waals surface area contributed by atoms with Crippen molar-refractivity contribution in [1.29, 1.82) is 0 Å². The Bertz CT molecular complexity index is 310. The molecule has 1 N–H and O–H groups in total. The molecular formula is C12H20N2O2. The van der Waals surface area contributed by atoms with E-state index >= 15 is 0 Å². The zero-order valence-electron chi connectivity index (χ0n) is 10.1. The number of amides is 2. The number of nitrogens with zero attached hydrogens (tertiary/aromatic N) is 1. The molecule has 0 aromatic rings. The van der Waals surface area contributed by atoms with Gasteiger partial charge in [0.05, 0.1) is 12.5 Å². The molecule has 2 fully saturated rings. The largest absolute Gasteiger partial charge is 0.305 e. The summed E-state index contributed by atoms with van der Waals surface area (Å²) in [5, 5.41) is 3.27. The van der Waals surface area contributed by atoms with Crippen molar-refractivity contribution in [3.63, 3.8) is 0 Å². The standard InChI is InChI=1S/C12H20N2O2/c1-3-4-12(5-6-12)8-13-9-7-10(15)14(2)11(9)16/h9,13H,3-8H2,1-2H3. The van der Waals surface area contributed by atoms with Crippen molar-refractivity contribution in [2.45, 2.75) is 45.1 Å². The summed E-state index contributed by atoms with van der Waals surface area (Å²) in [5.41, 5.74) is 0.430. The normalized spacial score (nSPS) is 27.6. The smallest absolute Gasteiger partial charge is 0.246 e. The Morgan fingerprint density at radius 2 is 2.12 bits per heavy atom. The average Bonchev–Trinajstić information content (AvgIpc) is 2.97. The average molecular weight is 224 g/mol. The van der Waals surface area contributed by atoms with Gasteiger partial charge in [-0.2, -0.15) is 0 Å². The topological polar surface area (TPSA) is 49.4 Å². The van der Waals surface area contributed by atoms with Crippen LogP contribution in [0.3, 0.4) is 0 Å².